The number of carbonyl (C=O) groups is 1. The van der Waals surface area contributed by atoms with Gasteiger partial charge in [-0.2, -0.15) is 0 Å². The fourth-order valence-corrected chi connectivity index (χ4v) is 1.48. The molecule has 4 N–H and O–H groups in total. The predicted octanol–water partition coefficient (Wildman–Crippen LogP) is -0.745. The molecule has 4 nitrogen and oxygen atoms in total. The Labute approximate surface area is 65.8 Å². The van der Waals surface area contributed by atoms with Crippen LogP contribution < -0.4 is 11.1 Å². The molecule has 0 aromatic rings. The van der Waals surface area contributed by atoms with Crippen molar-refractivity contribution in [3.63, 3.8) is 0 Å². The number of rotatable bonds is 2. The minimum absolute atomic E-state index is 0.161. The molecule has 0 saturated carbocycles. The number of nitrogens with two attached hydrogens (primary N) is 1. The van der Waals surface area contributed by atoms with Crippen LogP contribution in [0, 0.1) is 11.8 Å². The first-order valence-electron chi connectivity index (χ1n) is 3.89. The summed E-state index contributed by atoms with van der Waals surface area (Å²) >= 11 is 0. The molecule has 2 atom stereocenters. The van der Waals surface area contributed by atoms with Crippen LogP contribution in [0.15, 0.2) is 0 Å². The molecule has 1 fully saturated rings. The van der Waals surface area contributed by atoms with Gasteiger partial charge in [-0.25, -0.2) is 0 Å². The zero-order chi connectivity index (χ0) is 8.27. The second-order valence-corrected chi connectivity index (χ2v) is 2.93. The van der Waals surface area contributed by atoms with Gasteiger partial charge in [-0.15, -0.1) is 0 Å². The molecule has 0 aromatic heterocycles. The van der Waals surface area contributed by atoms with E-state index >= 15 is 0 Å². The Kier molecular flexibility index (Phi) is 2.84. The number of carboxylic acid groups (broad SMARTS) is 1. The second-order valence-electron chi connectivity index (χ2n) is 2.93. The van der Waals surface area contributed by atoms with E-state index in [0.29, 0.717) is 13.1 Å². The van der Waals surface area contributed by atoms with Gasteiger partial charge in [0.15, 0.2) is 0 Å². The highest BCUT2D eigenvalue weighted by atomic mass is 16.4. The molecule has 0 radical (unpaired) electrons. The number of nitrogens with one attached hydrogen (secondary N) is 1. The van der Waals surface area contributed by atoms with Gasteiger partial charge in [0.25, 0.3) is 0 Å². The molecule has 4 heteroatoms. The Hall–Kier alpha value is -0.610. The highest BCUT2D eigenvalue weighted by Crippen LogP contribution is 2.17. The maximum Gasteiger partial charge on any atom is 0.308 e. The van der Waals surface area contributed by atoms with E-state index in [-0.39, 0.29) is 11.8 Å². The first-order valence-corrected chi connectivity index (χ1v) is 3.89. The average molecular weight is 158 g/mol. The highest BCUT2D eigenvalue weighted by Gasteiger charge is 2.29. The fourth-order valence-electron chi connectivity index (χ4n) is 1.48. The maximum atomic E-state index is 10.6. The zero-order valence-electron chi connectivity index (χ0n) is 6.42. The maximum absolute atomic E-state index is 10.6. The average Bonchev–Trinajstić information content (AvgIpc) is 2.04. The number of aliphatic carboxylic acids is 1. The molecule has 0 bridgehead atoms. The number of piperidine rings is 1. The van der Waals surface area contributed by atoms with Crippen LogP contribution in [0.1, 0.15) is 6.42 Å². The van der Waals surface area contributed by atoms with Crippen molar-refractivity contribution in [3.05, 3.63) is 0 Å². The van der Waals surface area contributed by atoms with Crippen molar-refractivity contribution >= 4 is 5.97 Å². The van der Waals surface area contributed by atoms with Crippen molar-refractivity contribution in [3.8, 4) is 0 Å². The summed E-state index contributed by atoms with van der Waals surface area (Å²) in [7, 11) is 0. The summed E-state index contributed by atoms with van der Waals surface area (Å²) in [4.78, 5) is 10.6. The summed E-state index contributed by atoms with van der Waals surface area (Å²) in [5, 5.41) is 11.8. The largest absolute Gasteiger partial charge is 0.481 e. The van der Waals surface area contributed by atoms with Gasteiger partial charge >= 0.3 is 5.97 Å². The summed E-state index contributed by atoms with van der Waals surface area (Å²) in [5.41, 5.74) is 5.44. The quantitative estimate of drug-likeness (QED) is 0.494. The first kappa shape index (κ1) is 8.49. The molecule has 0 spiro atoms. The molecule has 1 heterocycles. The Morgan fingerprint density at radius 2 is 2.45 bits per heavy atom. The van der Waals surface area contributed by atoms with E-state index in [1.807, 2.05) is 0 Å². The molecule has 2 unspecified atom stereocenters. The lowest BCUT2D eigenvalue weighted by molar-refractivity contribution is -0.144. The first-order chi connectivity index (χ1) is 5.25. The van der Waals surface area contributed by atoms with Crippen LogP contribution in [0.25, 0.3) is 0 Å². The highest BCUT2D eigenvalue weighted by molar-refractivity contribution is 5.70. The van der Waals surface area contributed by atoms with Gasteiger partial charge in [-0.1, -0.05) is 0 Å². The van der Waals surface area contributed by atoms with Gasteiger partial charge in [0.1, 0.15) is 0 Å². The molecule has 0 aliphatic carbocycles. The second kappa shape index (κ2) is 3.69. The van der Waals surface area contributed by atoms with E-state index in [4.69, 9.17) is 10.8 Å². The molecule has 1 saturated heterocycles. The molecule has 11 heavy (non-hydrogen) atoms. The smallest absolute Gasteiger partial charge is 0.308 e. The van der Waals surface area contributed by atoms with E-state index in [0.717, 1.165) is 13.0 Å². The van der Waals surface area contributed by atoms with Gasteiger partial charge in [0.05, 0.1) is 5.92 Å². The molecule has 1 aliphatic heterocycles. The lowest BCUT2D eigenvalue weighted by Crippen LogP contribution is -2.43. The van der Waals surface area contributed by atoms with Crippen LogP contribution >= 0.6 is 0 Å². The molecule has 0 amide bonds. The van der Waals surface area contributed by atoms with Crippen molar-refractivity contribution in [2.75, 3.05) is 19.6 Å². The van der Waals surface area contributed by atoms with E-state index in [1.54, 1.807) is 0 Å². The molecule has 1 rings (SSSR count). The molecular weight excluding hydrogens is 144 g/mol. The van der Waals surface area contributed by atoms with Crippen LogP contribution in [0.5, 0.6) is 0 Å². The Balaban J connectivity index is 2.51. The van der Waals surface area contributed by atoms with Gasteiger partial charge < -0.3 is 16.2 Å². The number of hydrogen-bond donors (Lipinski definition) is 3. The molecule has 1 aliphatic rings. The summed E-state index contributed by atoms with van der Waals surface area (Å²) in [6.45, 7) is 1.95. The third-order valence-electron chi connectivity index (χ3n) is 2.25. The minimum atomic E-state index is -0.729. The van der Waals surface area contributed by atoms with E-state index < -0.39 is 5.97 Å². The molecular formula is C7H14N2O2. The lowest BCUT2D eigenvalue weighted by Gasteiger charge is -2.27. The predicted molar refractivity (Wildman–Crippen MR) is 41.2 cm³/mol. The SMILES string of the molecule is NCC1CCNCC1C(=O)O. The van der Waals surface area contributed by atoms with E-state index in [1.165, 1.54) is 0 Å². The standard InChI is InChI=1S/C7H14N2O2/c8-3-5-1-2-9-4-6(5)7(10)11/h5-6,9H,1-4,8H2,(H,10,11). The van der Waals surface area contributed by atoms with E-state index in [2.05, 4.69) is 5.32 Å². The summed E-state index contributed by atoms with van der Waals surface area (Å²) in [6, 6.07) is 0. The van der Waals surface area contributed by atoms with Crippen LogP contribution in [0.3, 0.4) is 0 Å². The van der Waals surface area contributed by atoms with Crippen LogP contribution in [0.2, 0.25) is 0 Å². The molecule has 0 aromatic carbocycles. The summed E-state index contributed by atoms with van der Waals surface area (Å²) in [6.07, 6.45) is 0.882. The Bertz CT molecular complexity index is 149. The van der Waals surface area contributed by atoms with Crippen molar-refractivity contribution in [1.82, 2.24) is 5.32 Å². The zero-order valence-corrected chi connectivity index (χ0v) is 6.42. The van der Waals surface area contributed by atoms with Gasteiger partial charge in [0.2, 0.25) is 0 Å². The van der Waals surface area contributed by atoms with Crippen LogP contribution in [-0.2, 0) is 4.79 Å². The topological polar surface area (TPSA) is 75.3 Å². The van der Waals surface area contributed by atoms with Gasteiger partial charge in [-0.3, -0.25) is 4.79 Å². The van der Waals surface area contributed by atoms with Gasteiger partial charge in [-0.05, 0) is 25.4 Å². The monoisotopic (exact) mass is 158 g/mol. The Morgan fingerprint density at radius 3 is 2.91 bits per heavy atom. The van der Waals surface area contributed by atoms with Crippen molar-refractivity contribution < 1.29 is 9.90 Å². The van der Waals surface area contributed by atoms with E-state index in [9.17, 15) is 4.79 Å². The minimum Gasteiger partial charge on any atom is -0.481 e. The third-order valence-corrected chi connectivity index (χ3v) is 2.25. The summed E-state index contributed by atoms with van der Waals surface area (Å²) < 4.78 is 0. The van der Waals surface area contributed by atoms with Gasteiger partial charge in [0, 0.05) is 6.54 Å². The lowest BCUT2D eigenvalue weighted by atomic mass is 9.87. The van der Waals surface area contributed by atoms with Crippen molar-refractivity contribution in [2.45, 2.75) is 6.42 Å². The normalized spacial score (nSPS) is 31.7. The number of carboxylic acids is 1. The van der Waals surface area contributed by atoms with Crippen molar-refractivity contribution in [1.29, 1.82) is 0 Å². The third kappa shape index (κ3) is 1.91. The number of hydrogen-bond acceptors (Lipinski definition) is 3. The van der Waals surface area contributed by atoms with Crippen LogP contribution in [-0.4, -0.2) is 30.7 Å². The van der Waals surface area contributed by atoms with Crippen molar-refractivity contribution in [2.24, 2.45) is 17.6 Å². The van der Waals surface area contributed by atoms with Crippen LogP contribution in [0.4, 0.5) is 0 Å². The Morgan fingerprint density at radius 1 is 1.73 bits per heavy atom. The summed E-state index contributed by atoms with van der Waals surface area (Å²) in [5.74, 6) is -0.852. The fraction of sp³-hybridized carbons (Fsp3) is 0.857. The molecule has 64 valence electrons.